The van der Waals surface area contributed by atoms with Gasteiger partial charge in [-0.3, -0.25) is 0 Å². The zero-order valence-corrected chi connectivity index (χ0v) is 12.9. The van der Waals surface area contributed by atoms with E-state index < -0.39 is 0 Å². The molecule has 0 aliphatic heterocycles. The van der Waals surface area contributed by atoms with Gasteiger partial charge in [0.2, 0.25) is 0 Å². The molecule has 3 heteroatoms. The third kappa shape index (κ3) is 2.97. The van der Waals surface area contributed by atoms with E-state index in [1.54, 1.807) is 0 Å². The first-order valence-electron chi connectivity index (χ1n) is 6.72. The highest BCUT2D eigenvalue weighted by atomic mass is 35.5. The third-order valence-corrected chi connectivity index (χ3v) is 4.10. The molecule has 1 unspecified atom stereocenters. The van der Waals surface area contributed by atoms with Crippen molar-refractivity contribution in [3.63, 3.8) is 0 Å². The van der Waals surface area contributed by atoms with Crippen LogP contribution in [-0.4, -0.2) is 12.2 Å². The molecule has 2 aromatic carbocycles. The van der Waals surface area contributed by atoms with Crippen molar-refractivity contribution in [1.29, 1.82) is 0 Å². The highest BCUT2D eigenvalue weighted by Gasteiger charge is 2.16. The van der Waals surface area contributed by atoms with Gasteiger partial charge in [-0.2, -0.15) is 0 Å². The van der Waals surface area contributed by atoms with E-state index in [1.165, 1.54) is 0 Å². The summed E-state index contributed by atoms with van der Waals surface area (Å²) in [5, 5.41) is 9.97. The predicted molar refractivity (Wildman–Crippen MR) is 85.4 cm³/mol. The van der Waals surface area contributed by atoms with Gasteiger partial charge in [-0.15, -0.1) is 0 Å². The zero-order chi connectivity index (χ0) is 14.7. The van der Waals surface area contributed by atoms with Crippen LogP contribution in [0.3, 0.4) is 0 Å². The second kappa shape index (κ2) is 6.29. The summed E-state index contributed by atoms with van der Waals surface area (Å²) >= 11 is 6.28. The Hall–Kier alpha value is -1.51. The van der Waals surface area contributed by atoms with Crippen LogP contribution in [0.1, 0.15) is 29.7 Å². The van der Waals surface area contributed by atoms with Crippen molar-refractivity contribution in [3.05, 3.63) is 64.2 Å². The lowest BCUT2D eigenvalue weighted by Gasteiger charge is -2.29. The Bertz CT molecular complexity index is 597. The highest BCUT2D eigenvalue weighted by Crippen LogP contribution is 2.31. The van der Waals surface area contributed by atoms with Gasteiger partial charge < -0.3 is 10.0 Å². The lowest BCUT2D eigenvalue weighted by atomic mass is 10.0. The van der Waals surface area contributed by atoms with Crippen molar-refractivity contribution < 1.29 is 5.11 Å². The average molecular weight is 290 g/mol. The van der Waals surface area contributed by atoms with Crippen LogP contribution in [0.2, 0.25) is 5.02 Å². The quantitative estimate of drug-likeness (QED) is 0.905. The summed E-state index contributed by atoms with van der Waals surface area (Å²) in [5.41, 5.74) is 4.35. The number of aryl methyl sites for hydroxylation is 1. The molecule has 20 heavy (non-hydrogen) atoms. The molecular formula is C17H20ClNO. The van der Waals surface area contributed by atoms with Gasteiger partial charge in [0.25, 0.3) is 0 Å². The summed E-state index contributed by atoms with van der Waals surface area (Å²) < 4.78 is 0. The predicted octanol–water partition coefficient (Wildman–Crippen LogP) is 4.34. The smallest absolute Gasteiger partial charge is 0.0681 e. The first-order valence-corrected chi connectivity index (χ1v) is 7.10. The maximum atomic E-state index is 9.18. The molecule has 0 saturated heterocycles. The largest absolute Gasteiger partial charge is 0.392 e. The molecule has 0 fully saturated rings. The molecule has 0 aliphatic carbocycles. The van der Waals surface area contributed by atoms with Crippen molar-refractivity contribution in [1.82, 2.24) is 0 Å². The number of hydrogen-bond acceptors (Lipinski definition) is 2. The van der Waals surface area contributed by atoms with Gasteiger partial charge >= 0.3 is 0 Å². The monoisotopic (exact) mass is 289 g/mol. The van der Waals surface area contributed by atoms with E-state index in [-0.39, 0.29) is 12.6 Å². The molecule has 0 radical (unpaired) electrons. The Morgan fingerprint density at radius 2 is 1.90 bits per heavy atom. The fourth-order valence-electron chi connectivity index (χ4n) is 2.44. The Labute approximate surface area is 125 Å². The van der Waals surface area contributed by atoms with Gasteiger partial charge in [-0.05, 0) is 42.7 Å². The van der Waals surface area contributed by atoms with E-state index in [4.69, 9.17) is 11.6 Å². The maximum Gasteiger partial charge on any atom is 0.0681 e. The SMILES string of the molecule is Cc1cc(CO)ccc1N(C)C(C)c1ccccc1Cl. The van der Waals surface area contributed by atoms with E-state index in [1.807, 2.05) is 36.4 Å². The molecule has 106 valence electrons. The van der Waals surface area contributed by atoms with Crippen LogP contribution in [0, 0.1) is 6.92 Å². The summed E-state index contributed by atoms with van der Waals surface area (Å²) in [7, 11) is 2.06. The molecule has 0 aromatic heterocycles. The molecule has 0 spiro atoms. The third-order valence-electron chi connectivity index (χ3n) is 3.76. The summed E-state index contributed by atoms with van der Waals surface area (Å²) in [6.45, 7) is 4.27. The minimum Gasteiger partial charge on any atom is -0.392 e. The lowest BCUT2D eigenvalue weighted by Crippen LogP contribution is -2.22. The van der Waals surface area contributed by atoms with Crippen LogP contribution in [0.5, 0.6) is 0 Å². The first-order chi connectivity index (χ1) is 9.54. The van der Waals surface area contributed by atoms with Gasteiger partial charge in [-0.1, -0.05) is 41.9 Å². The minimum absolute atomic E-state index is 0.0743. The molecule has 0 heterocycles. The van der Waals surface area contributed by atoms with Crippen molar-refractivity contribution in [2.75, 3.05) is 11.9 Å². The number of hydrogen-bond donors (Lipinski definition) is 1. The van der Waals surface area contributed by atoms with E-state index in [0.717, 1.165) is 27.4 Å². The number of anilines is 1. The zero-order valence-electron chi connectivity index (χ0n) is 12.1. The number of benzene rings is 2. The van der Waals surface area contributed by atoms with E-state index in [9.17, 15) is 5.11 Å². The molecule has 2 nitrogen and oxygen atoms in total. The minimum atomic E-state index is 0.0743. The lowest BCUT2D eigenvalue weighted by molar-refractivity contribution is 0.282. The molecule has 1 N–H and O–H groups in total. The van der Waals surface area contributed by atoms with Crippen molar-refractivity contribution in [2.45, 2.75) is 26.5 Å². The second-order valence-corrected chi connectivity index (χ2v) is 5.49. The average Bonchev–Trinajstić information content (AvgIpc) is 2.46. The van der Waals surface area contributed by atoms with E-state index in [0.29, 0.717) is 0 Å². The van der Waals surface area contributed by atoms with Crippen LogP contribution in [0.25, 0.3) is 0 Å². The second-order valence-electron chi connectivity index (χ2n) is 5.09. The molecule has 2 aromatic rings. The molecule has 0 saturated carbocycles. The van der Waals surface area contributed by atoms with E-state index >= 15 is 0 Å². The van der Waals surface area contributed by atoms with Crippen molar-refractivity contribution in [2.24, 2.45) is 0 Å². The molecular weight excluding hydrogens is 270 g/mol. The maximum absolute atomic E-state index is 9.18. The first kappa shape index (κ1) is 14.9. The fourth-order valence-corrected chi connectivity index (χ4v) is 2.74. The normalized spacial score (nSPS) is 12.2. The number of rotatable bonds is 4. The summed E-state index contributed by atoms with van der Waals surface area (Å²) in [6.07, 6.45) is 0. The molecule has 0 amide bonds. The number of nitrogens with zero attached hydrogens (tertiary/aromatic N) is 1. The van der Waals surface area contributed by atoms with Crippen LogP contribution in [0.4, 0.5) is 5.69 Å². The number of aliphatic hydroxyl groups excluding tert-OH is 1. The highest BCUT2D eigenvalue weighted by molar-refractivity contribution is 6.31. The molecule has 0 aliphatic rings. The number of aliphatic hydroxyl groups is 1. The summed E-state index contributed by atoms with van der Waals surface area (Å²) in [4.78, 5) is 2.21. The van der Waals surface area contributed by atoms with Crippen LogP contribution in [0.15, 0.2) is 42.5 Å². The fraction of sp³-hybridized carbons (Fsp3) is 0.294. The van der Waals surface area contributed by atoms with Gasteiger partial charge in [0.1, 0.15) is 0 Å². The Kier molecular flexibility index (Phi) is 4.69. The van der Waals surface area contributed by atoms with Crippen molar-refractivity contribution in [3.8, 4) is 0 Å². The Morgan fingerprint density at radius 1 is 1.20 bits per heavy atom. The molecule has 2 rings (SSSR count). The summed E-state index contributed by atoms with van der Waals surface area (Å²) in [5.74, 6) is 0. The Morgan fingerprint density at radius 3 is 2.50 bits per heavy atom. The van der Waals surface area contributed by atoms with Gasteiger partial charge in [0, 0.05) is 17.8 Å². The van der Waals surface area contributed by atoms with Gasteiger partial charge in [0.15, 0.2) is 0 Å². The standard InChI is InChI=1S/C17H20ClNO/c1-12-10-14(11-20)8-9-17(12)19(3)13(2)15-6-4-5-7-16(15)18/h4-10,13,20H,11H2,1-3H3. The molecule has 0 bridgehead atoms. The van der Waals surface area contributed by atoms with Crippen molar-refractivity contribution >= 4 is 17.3 Å². The molecule has 1 atom stereocenters. The van der Waals surface area contributed by atoms with Gasteiger partial charge in [0.05, 0.1) is 12.6 Å². The number of halogens is 1. The van der Waals surface area contributed by atoms with Crippen LogP contribution < -0.4 is 4.90 Å². The van der Waals surface area contributed by atoms with Crippen LogP contribution in [-0.2, 0) is 6.61 Å². The van der Waals surface area contributed by atoms with Crippen LogP contribution >= 0.6 is 11.6 Å². The Balaban J connectivity index is 2.31. The summed E-state index contributed by atoms with van der Waals surface area (Å²) in [6, 6.07) is 14.1. The van der Waals surface area contributed by atoms with Gasteiger partial charge in [-0.25, -0.2) is 0 Å². The van der Waals surface area contributed by atoms with E-state index in [2.05, 4.69) is 31.9 Å². The topological polar surface area (TPSA) is 23.5 Å².